The molecule has 0 aliphatic rings. The first kappa shape index (κ1) is 14.5. The maximum atomic E-state index is 10.7. The molecule has 0 spiro atoms. The lowest BCUT2D eigenvalue weighted by Crippen LogP contribution is -2.17. The van der Waals surface area contributed by atoms with E-state index in [-0.39, 0.29) is 5.01 Å². The Balaban J connectivity index is 1.80. The highest BCUT2D eigenvalue weighted by molar-refractivity contribution is 7.11. The zero-order valence-electron chi connectivity index (χ0n) is 11.1. The predicted molar refractivity (Wildman–Crippen MR) is 77.5 cm³/mol. The van der Waals surface area contributed by atoms with Crippen LogP contribution in [0.4, 0.5) is 0 Å². The first-order chi connectivity index (χ1) is 9.70. The summed E-state index contributed by atoms with van der Waals surface area (Å²) in [5.74, 6) is -0.0913. The van der Waals surface area contributed by atoms with E-state index >= 15 is 0 Å². The number of benzene rings is 1. The van der Waals surface area contributed by atoms with Gasteiger partial charge in [-0.25, -0.2) is 9.78 Å². The molecule has 2 rings (SSSR count). The van der Waals surface area contributed by atoms with E-state index in [1.807, 2.05) is 24.3 Å². The van der Waals surface area contributed by atoms with E-state index in [1.165, 1.54) is 0 Å². The van der Waals surface area contributed by atoms with Crippen LogP contribution >= 0.6 is 11.3 Å². The van der Waals surface area contributed by atoms with Gasteiger partial charge in [0.05, 0.1) is 12.8 Å². The van der Waals surface area contributed by atoms with Gasteiger partial charge in [-0.3, -0.25) is 0 Å². The number of carbonyl (C=O) groups is 1. The van der Waals surface area contributed by atoms with E-state index in [0.717, 1.165) is 41.3 Å². The summed E-state index contributed by atoms with van der Waals surface area (Å²) in [6.07, 6.45) is 0.847. The molecule has 0 saturated carbocycles. The summed E-state index contributed by atoms with van der Waals surface area (Å²) in [6, 6.07) is 7.90. The van der Waals surface area contributed by atoms with Crippen LogP contribution in [0, 0.1) is 0 Å². The Morgan fingerprint density at radius 2 is 2.25 bits per heavy atom. The van der Waals surface area contributed by atoms with Crippen molar-refractivity contribution in [3.8, 4) is 5.75 Å². The third-order valence-corrected chi connectivity index (χ3v) is 3.68. The number of carboxylic acids is 1. The zero-order chi connectivity index (χ0) is 14.4. The number of hydrogen-bond acceptors (Lipinski definition) is 5. The summed E-state index contributed by atoms with van der Waals surface area (Å²) < 4.78 is 5.29. The molecular weight excluding hydrogens is 276 g/mol. The molecule has 5 nitrogen and oxygen atoms in total. The number of aromatic carboxylic acids is 1. The number of nitrogens with zero attached hydrogens (tertiary/aromatic N) is 1. The second kappa shape index (κ2) is 7.02. The molecule has 0 bridgehead atoms. The van der Waals surface area contributed by atoms with Crippen LogP contribution in [0.15, 0.2) is 29.6 Å². The lowest BCUT2D eigenvalue weighted by molar-refractivity contribution is 0.0696. The maximum absolute atomic E-state index is 10.7. The Morgan fingerprint density at radius 1 is 1.45 bits per heavy atom. The molecule has 106 valence electrons. The number of thiazole rings is 1. The molecule has 0 amide bonds. The van der Waals surface area contributed by atoms with Gasteiger partial charge in [0.2, 0.25) is 5.01 Å². The monoisotopic (exact) mass is 292 g/mol. The number of aromatic nitrogens is 1. The van der Waals surface area contributed by atoms with E-state index < -0.39 is 5.97 Å². The van der Waals surface area contributed by atoms with Crippen LogP contribution in [-0.2, 0) is 13.0 Å². The standard InChI is InChI=1S/C14H16N2O3S/c1-19-12-5-3-2-4-10(12)6-7-15-8-11-9-20-13(16-11)14(17)18/h2-5,9,15H,6-8H2,1H3,(H,17,18). The highest BCUT2D eigenvalue weighted by Crippen LogP contribution is 2.17. The fraction of sp³-hybridized carbons (Fsp3) is 0.286. The summed E-state index contributed by atoms with van der Waals surface area (Å²) >= 11 is 1.15. The van der Waals surface area contributed by atoms with E-state index in [2.05, 4.69) is 10.3 Å². The van der Waals surface area contributed by atoms with Crippen molar-refractivity contribution in [3.63, 3.8) is 0 Å². The molecule has 0 atom stereocenters. The van der Waals surface area contributed by atoms with Crippen LogP contribution in [0.3, 0.4) is 0 Å². The van der Waals surface area contributed by atoms with Crippen LogP contribution in [-0.4, -0.2) is 29.7 Å². The van der Waals surface area contributed by atoms with Gasteiger partial charge in [0.15, 0.2) is 0 Å². The first-order valence-electron chi connectivity index (χ1n) is 6.21. The molecule has 1 heterocycles. The predicted octanol–water partition coefficient (Wildman–Crippen LogP) is 2.18. The van der Waals surface area contributed by atoms with Gasteiger partial charge in [-0.05, 0) is 24.6 Å². The van der Waals surface area contributed by atoms with E-state index in [0.29, 0.717) is 6.54 Å². The van der Waals surface area contributed by atoms with E-state index in [1.54, 1.807) is 12.5 Å². The van der Waals surface area contributed by atoms with Crippen molar-refractivity contribution in [3.05, 3.63) is 45.9 Å². The van der Waals surface area contributed by atoms with Crippen LogP contribution in [0.5, 0.6) is 5.75 Å². The molecule has 1 aromatic heterocycles. The SMILES string of the molecule is COc1ccccc1CCNCc1csc(C(=O)O)n1. The van der Waals surface area contributed by atoms with Crippen LogP contribution in [0.25, 0.3) is 0 Å². The van der Waals surface area contributed by atoms with E-state index in [4.69, 9.17) is 9.84 Å². The molecule has 0 aliphatic carbocycles. The molecule has 1 aromatic carbocycles. The summed E-state index contributed by atoms with van der Waals surface area (Å²) in [6.45, 7) is 1.35. The highest BCUT2D eigenvalue weighted by atomic mass is 32.1. The lowest BCUT2D eigenvalue weighted by atomic mass is 10.1. The zero-order valence-corrected chi connectivity index (χ0v) is 11.9. The maximum Gasteiger partial charge on any atom is 0.365 e. The van der Waals surface area contributed by atoms with Gasteiger partial charge in [0.25, 0.3) is 0 Å². The largest absolute Gasteiger partial charge is 0.496 e. The molecular formula is C14H16N2O3S. The molecule has 2 aromatic rings. The van der Waals surface area contributed by atoms with Gasteiger partial charge in [-0.15, -0.1) is 11.3 Å². The molecule has 0 aliphatic heterocycles. The molecule has 0 radical (unpaired) electrons. The Kier molecular flexibility index (Phi) is 5.09. The first-order valence-corrected chi connectivity index (χ1v) is 7.09. The lowest BCUT2D eigenvalue weighted by Gasteiger charge is -2.08. The number of carboxylic acid groups (broad SMARTS) is 1. The third kappa shape index (κ3) is 3.79. The Hall–Kier alpha value is -1.92. The Morgan fingerprint density at radius 3 is 2.95 bits per heavy atom. The molecule has 0 fully saturated rings. The fourth-order valence-electron chi connectivity index (χ4n) is 1.84. The van der Waals surface area contributed by atoms with Crippen molar-refractivity contribution < 1.29 is 14.6 Å². The molecule has 2 N–H and O–H groups in total. The van der Waals surface area contributed by atoms with Crippen molar-refractivity contribution in [1.29, 1.82) is 0 Å². The Bertz CT molecular complexity index is 583. The van der Waals surface area contributed by atoms with Crippen LogP contribution in [0.1, 0.15) is 21.1 Å². The van der Waals surface area contributed by atoms with Crippen LogP contribution in [0.2, 0.25) is 0 Å². The third-order valence-electron chi connectivity index (χ3n) is 2.80. The number of nitrogens with one attached hydrogen (secondary N) is 1. The van der Waals surface area contributed by atoms with Gasteiger partial charge in [-0.2, -0.15) is 0 Å². The Labute approximate surface area is 121 Å². The summed E-state index contributed by atoms with van der Waals surface area (Å²) in [4.78, 5) is 14.7. The number of ether oxygens (including phenoxy) is 1. The molecule has 0 unspecified atom stereocenters. The second-order valence-electron chi connectivity index (χ2n) is 4.19. The highest BCUT2D eigenvalue weighted by Gasteiger charge is 2.08. The van der Waals surface area contributed by atoms with Gasteiger partial charge in [0.1, 0.15) is 5.75 Å². The minimum absolute atomic E-state index is 0.131. The van der Waals surface area contributed by atoms with Gasteiger partial charge in [0, 0.05) is 11.9 Å². The van der Waals surface area contributed by atoms with Gasteiger partial charge < -0.3 is 15.2 Å². The van der Waals surface area contributed by atoms with E-state index in [9.17, 15) is 4.79 Å². The number of rotatable bonds is 7. The number of methoxy groups -OCH3 is 1. The van der Waals surface area contributed by atoms with Crippen molar-refractivity contribution in [2.24, 2.45) is 0 Å². The van der Waals surface area contributed by atoms with Gasteiger partial charge >= 0.3 is 5.97 Å². The quantitative estimate of drug-likeness (QED) is 0.765. The minimum Gasteiger partial charge on any atom is -0.496 e. The topological polar surface area (TPSA) is 71.5 Å². The smallest absolute Gasteiger partial charge is 0.365 e. The average Bonchev–Trinajstić information content (AvgIpc) is 2.93. The van der Waals surface area contributed by atoms with Crippen LogP contribution < -0.4 is 10.1 Å². The van der Waals surface area contributed by atoms with Crippen molar-refractivity contribution in [1.82, 2.24) is 10.3 Å². The summed E-state index contributed by atoms with van der Waals surface area (Å²) in [5, 5.41) is 13.9. The average molecular weight is 292 g/mol. The fourth-order valence-corrected chi connectivity index (χ4v) is 2.49. The van der Waals surface area contributed by atoms with Crippen molar-refractivity contribution in [2.75, 3.05) is 13.7 Å². The summed E-state index contributed by atoms with van der Waals surface area (Å²) in [5.41, 5.74) is 1.90. The molecule has 20 heavy (non-hydrogen) atoms. The van der Waals surface area contributed by atoms with Crippen molar-refractivity contribution >= 4 is 17.3 Å². The van der Waals surface area contributed by atoms with Gasteiger partial charge in [-0.1, -0.05) is 18.2 Å². The molecule has 6 heteroatoms. The second-order valence-corrected chi connectivity index (χ2v) is 5.05. The molecule has 0 saturated heterocycles. The minimum atomic E-state index is -0.977. The van der Waals surface area contributed by atoms with Crippen molar-refractivity contribution in [2.45, 2.75) is 13.0 Å². The number of hydrogen-bond donors (Lipinski definition) is 2. The summed E-state index contributed by atoms with van der Waals surface area (Å²) in [7, 11) is 1.66. The normalized spacial score (nSPS) is 10.4. The number of para-hydroxylation sites is 1.